The highest BCUT2D eigenvalue weighted by atomic mass is 32.2. The molecule has 10 heteroatoms. The minimum absolute atomic E-state index is 0.123. The second kappa shape index (κ2) is 11.0. The van der Waals surface area contributed by atoms with Crippen LogP contribution >= 0.6 is 0 Å². The van der Waals surface area contributed by atoms with Gasteiger partial charge in [-0.1, -0.05) is 6.07 Å². The van der Waals surface area contributed by atoms with Gasteiger partial charge in [0.1, 0.15) is 0 Å². The van der Waals surface area contributed by atoms with Crippen molar-refractivity contribution in [2.75, 3.05) is 39.8 Å². The summed E-state index contributed by atoms with van der Waals surface area (Å²) in [5.41, 5.74) is 1.05. The Hall–Kier alpha value is -2.82. The van der Waals surface area contributed by atoms with Crippen LogP contribution in [-0.4, -0.2) is 60.0 Å². The van der Waals surface area contributed by atoms with Crippen molar-refractivity contribution in [1.29, 1.82) is 0 Å². The fourth-order valence-corrected chi connectivity index (χ4v) is 4.06. The Labute approximate surface area is 182 Å². The van der Waals surface area contributed by atoms with Gasteiger partial charge in [-0.3, -0.25) is 0 Å². The molecule has 0 radical (unpaired) electrons. The van der Waals surface area contributed by atoms with Gasteiger partial charge < -0.3 is 24.6 Å². The minimum Gasteiger partial charge on any atom is -0.493 e. The molecule has 0 aromatic heterocycles. The van der Waals surface area contributed by atoms with Gasteiger partial charge >= 0.3 is 5.97 Å². The molecule has 9 nitrogen and oxygen atoms in total. The van der Waals surface area contributed by atoms with Crippen LogP contribution in [0.15, 0.2) is 41.3 Å². The Balaban J connectivity index is 2.12. The van der Waals surface area contributed by atoms with Crippen molar-refractivity contribution < 1.29 is 32.5 Å². The number of hydrogen-bond donors (Lipinski definition) is 3. The lowest BCUT2D eigenvalue weighted by Crippen LogP contribution is -2.27. The summed E-state index contributed by atoms with van der Waals surface area (Å²) in [6.45, 7) is 2.33. The first-order chi connectivity index (χ1) is 14.7. The topological polar surface area (TPSA) is 123 Å². The van der Waals surface area contributed by atoms with Crippen molar-refractivity contribution in [3.63, 3.8) is 0 Å². The van der Waals surface area contributed by atoms with Gasteiger partial charge in [-0.2, -0.15) is 0 Å². The van der Waals surface area contributed by atoms with E-state index in [1.54, 1.807) is 19.2 Å². The molecule has 31 heavy (non-hydrogen) atoms. The maximum atomic E-state index is 12.7. The third kappa shape index (κ3) is 6.58. The lowest BCUT2D eigenvalue weighted by Gasteiger charge is -2.17. The molecule has 2 aromatic rings. The number of rotatable bonds is 12. The summed E-state index contributed by atoms with van der Waals surface area (Å²) in [7, 11) is 0.714. The van der Waals surface area contributed by atoms with Crippen molar-refractivity contribution in [2.24, 2.45) is 0 Å². The number of carboxylic acids is 1. The molecule has 0 saturated heterocycles. The molecule has 170 valence electrons. The molecule has 0 aliphatic heterocycles. The number of ether oxygens (including phenoxy) is 3. The summed E-state index contributed by atoms with van der Waals surface area (Å²) in [6.07, 6.45) is 0.416. The number of benzene rings is 2. The first-order valence-corrected chi connectivity index (χ1v) is 11.0. The van der Waals surface area contributed by atoms with E-state index in [-0.39, 0.29) is 23.0 Å². The number of aromatic carboxylic acids is 1. The van der Waals surface area contributed by atoms with Crippen molar-refractivity contribution in [3.05, 3.63) is 47.5 Å². The number of carbonyl (C=O) groups is 1. The summed E-state index contributed by atoms with van der Waals surface area (Å²) in [4.78, 5) is 11.5. The molecular formula is C21H28N2O7S. The molecule has 3 N–H and O–H groups in total. The highest BCUT2D eigenvalue weighted by Crippen LogP contribution is 2.27. The molecule has 0 aliphatic carbocycles. The molecular weight excluding hydrogens is 424 g/mol. The number of anilines is 1. The lowest BCUT2D eigenvalue weighted by molar-refractivity contribution is 0.0697. The van der Waals surface area contributed by atoms with E-state index in [1.807, 2.05) is 13.0 Å². The van der Waals surface area contributed by atoms with E-state index in [4.69, 9.17) is 14.2 Å². The van der Waals surface area contributed by atoms with Crippen LogP contribution in [0.3, 0.4) is 0 Å². The molecule has 0 unspecified atom stereocenters. The summed E-state index contributed by atoms with van der Waals surface area (Å²) < 4.78 is 43.3. The van der Waals surface area contributed by atoms with Crippen LogP contribution in [0.1, 0.15) is 22.8 Å². The number of carboxylic acid groups (broad SMARTS) is 1. The molecule has 0 heterocycles. The Morgan fingerprint density at radius 2 is 1.77 bits per heavy atom. The molecule has 0 aliphatic rings. The van der Waals surface area contributed by atoms with E-state index in [1.165, 1.54) is 26.4 Å². The van der Waals surface area contributed by atoms with Gasteiger partial charge in [-0.05, 0) is 49.2 Å². The number of hydrogen-bond acceptors (Lipinski definition) is 7. The summed E-state index contributed by atoms with van der Waals surface area (Å²) >= 11 is 0. The summed E-state index contributed by atoms with van der Waals surface area (Å²) in [6, 6.07) is 9.15. The predicted molar refractivity (Wildman–Crippen MR) is 117 cm³/mol. The summed E-state index contributed by atoms with van der Waals surface area (Å²) in [5, 5.41) is 12.5. The van der Waals surface area contributed by atoms with E-state index >= 15 is 0 Å². The van der Waals surface area contributed by atoms with Gasteiger partial charge in [0.25, 0.3) is 0 Å². The Morgan fingerprint density at radius 1 is 1.06 bits per heavy atom. The van der Waals surface area contributed by atoms with Crippen molar-refractivity contribution in [2.45, 2.75) is 24.3 Å². The average Bonchev–Trinajstić information content (AvgIpc) is 2.73. The normalized spacial score (nSPS) is 12.3. The fourth-order valence-electron chi connectivity index (χ4n) is 3.00. The molecule has 2 aromatic carbocycles. The van der Waals surface area contributed by atoms with E-state index in [9.17, 15) is 18.3 Å². The van der Waals surface area contributed by atoms with E-state index in [2.05, 4.69) is 10.0 Å². The van der Waals surface area contributed by atoms with Crippen LogP contribution in [0.5, 0.6) is 11.5 Å². The van der Waals surface area contributed by atoms with Crippen LogP contribution in [-0.2, 0) is 21.2 Å². The van der Waals surface area contributed by atoms with Gasteiger partial charge in [0.2, 0.25) is 10.0 Å². The zero-order valence-electron chi connectivity index (χ0n) is 18.0. The average molecular weight is 453 g/mol. The molecule has 1 atom stereocenters. The number of nitrogens with one attached hydrogen (secondary N) is 2. The quantitative estimate of drug-likeness (QED) is 0.449. The van der Waals surface area contributed by atoms with Crippen LogP contribution in [0, 0.1) is 0 Å². The van der Waals surface area contributed by atoms with E-state index in [0.29, 0.717) is 30.2 Å². The molecule has 0 amide bonds. The zero-order chi connectivity index (χ0) is 23.0. The molecule has 0 bridgehead atoms. The fraction of sp³-hybridized carbons (Fsp3) is 0.381. The highest BCUT2D eigenvalue weighted by Gasteiger charge is 2.19. The largest absolute Gasteiger partial charge is 0.493 e. The van der Waals surface area contributed by atoms with Crippen LogP contribution in [0.4, 0.5) is 5.69 Å². The second-order valence-corrected chi connectivity index (χ2v) is 8.62. The smallest absolute Gasteiger partial charge is 0.337 e. The third-order valence-corrected chi connectivity index (χ3v) is 5.96. The molecule has 0 fully saturated rings. The maximum absolute atomic E-state index is 12.7. The van der Waals surface area contributed by atoms with Crippen LogP contribution < -0.4 is 19.5 Å². The summed E-state index contributed by atoms with van der Waals surface area (Å²) in [5.74, 6) is -0.0872. The van der Waals surface area contributed by atoms with E-state index < -0.39 is 16.0 Å². The van der Waals surface area contributed by atoms with Crippen molar-refractivity contribution in [3.8, 4) is 11.5 Å². The van der Waals surface area contributed by atoms with Gasteiger partial charge in [0, 0.05) is 25.4 Å². The standard InChI is InChI=1S/C21H28N2O7S/c1-14(13-28-2)23-18-7-6-16(12-17(18)21(24)25)31(26,27)22-10-9-15-5-8-19(29-3)20(11-15)30-4/h5-8,11-12,14,22-23H,9-10,13H2,1-4H3,(H,24,25)/t14-/m0/s1. The van der Waals surface area contributed by atoms with Gasteiger partial charge in [-0.25, -0.2) is 17.9 Å². The highest BCUT2D eigenvalue weighted by molar-refractivity contribution is 7.89. The number of methoxy groups -OCH3 is 3. The van der Waals surface area contributed by atoms with Crippen LogP contribution in [0.2, 0.25) is 0 Å². The maximum Gasteiger partial charge on any atom is 0.337 e. The van der Waals surface area contributed by atoms with Gasteiger partial charge in [-0.15, -0.1) is 0 Å². The van der Waals surface area contributed by atoms with Gasteiger partial charge in [0.15, 0.2) is 11.5 Å². The van der Waals surface area contributed by atoms with Crippen molar-refractivity contribution in [1.82, 2.24) is 4.72 Å². The minimum atomic E-state index is -3.89. The second-order valence-electron chi connectivity index (χ2n) is 6.85. The molecule has 2 rings (SSSR count). The Kier molecular flexibility index (Phi) is 8.66. The zero-order valence-corrected chi connectivity index (χ0v) is 18.8. The predicted octanol–water partition coefficient (Wildman–Crippen LogP) is 2.37. The Bertz CT molecular complexity index is 1010. The van der Waals surface area contributed by atoms with Crippen LogP contribution in [0.25, 0.3) is 0 Å². The molecule has 0 saturated carbocycles. The lowest BCUT2D eigenvalue weighted by atomic mass is 10.1. The first kappa shape index (κ1) is 24.4. The first-order valence-electron chi connectivity index (χ1n) is 9.55. The number of sulfonamides is 1. The monoisotopic (exact) mass is 452 g/mol. The SMILES string of the molecule is COC[C@H](C)Nc1ccc(S(=O)(=O)NCCc2ccc(OC)c(OC)c2)cc1C(=O)O. The van der Waals surface area contributed by atoms with Crippen molar-refractivity contribution >= 4 is 21.7 Å². The third-order valence-electron chi connectivity index (χ3n) is 4.50. The Morgan fingerprint density at radius 3 is 2.39 bits per heavy atom. The van der Waals surface area contributed by atoms with Gasteiger partial charge in [0.05, 0.1) is 31.3 Å². The molecule has 0 spiro atoms. The van der Waals surface area contributed by atoms with E-state index in [0.717, 1.165) is 11.6 Å².